The smallest absolute Gasteiger partial charge is 0.162 e. The Bertz CT molecular complexity index is 618. The summed E-state index contributed by atoms with van der Waals surface area (Å²) in [5.41, 5.74) is 8.65. The van der Waals surface area contributed by atoms with Gasteiger partial charge in [-0.05, 0) is 29.3 Å². The van der Waals surface area contributed by atoms with Gasteiger partial charge in [0, 0.05) is 17.5 Å². The molecule has 3 nitrogen and oxygen atoms in total. The molecule has 0 saturated carbocycles. The molecule has 3 N–H and O–H groups in total. The van der Waals surface area contributed by atoms with Crippen LogP contribution in [0.3, 0.4) is 0 Å². The molecular weight excluding hydrogens is 236 g/mol. The molecule has 19 heavy (non-hydrogen) atoms. The van der Waals surface area contributed by atoms with Gasteiger partial charge in [-0.15, -0.1) is 0 Å². The Labute approximate surface area is 112 Å². The Morgan fingerprint density at radius 1 is 1.05 bits per heavy atom. The second-order valence-corrected chi connectivity index (χ2v) is 4.36. The quantitative estimate of drug-likeness (QED) is 0.498. The van der Waals surface area contributed by atoms with Crippen LogP contribution in [0.25, 0.3) is 11.1 Å². The van der Waals surface area contributed by atoms with E-state index in [2.05, 4.69) is 0 Å². The van der Waals surface area contributed by atoms with Crippen molar-refractivity contribution in [3.8, 4) is 11.1 Å². The van der Waals surface area contributed by atoms with E-state index in [-0.39, 0.29) is 11.6 Å². The third-order valence-corrected chi connectivity index (χ3v) is 2.99. The van der Waals surface area contributed by atoms with Gasteiger partial charge in [-0.1, -0.05) is 37.3 Å². The van der Waals surface area contributed by atoms with E-state index in [4.69, 9.17) is 11.1 Å². The molecule has 0 aliphatic heterocycles. The SMILES string of the molecule is CCC(=O)c1cc(C(=N)N)cc(-c2ccccc2)c1. The zero-order chi connectivity index (χ0) is 13.8. The van der Waals surface area contributed by atoms with E-state index in [9.17, 15) is 4.79 Å². The predicted molar refractivity (Wildman–Crippen MR) is 77.5 cm³/mol. The molecule has 0 heterocycles. The van der Waals surface area contributed by atoms with Gasteiger partial charge >= 0.3 is 0 Å². The van der Waals surface area contributed by atoms with Gasteiger partial charge in [0.1, 0.15) is 5.84 Å². The summed E-state index contributed by atoms with van der Waals surface area (Å²) in [5, 5.41) is 7.56. The number of nitrogens with one attached hydrogen (secondary N) is 1. The summed E-state index contributed by atoms with van der Waals surface area (Å²) in [4.78, 5) is 11.9. The van der Waals surface area contributed by atoms with Gasteiger partial charge in [0.15, 0.2) is 5.78 Å². The summed E-state index contributed by atoms with van der Waals surface area (Å²) < 4.78 is 0. The number of carbonyl (C=O) groups is 1. The number of hydrogen-bond acceptors (Lipinski definition) is 2. The average Bonchev–Trinajstić information content (AvgIpc) is 2.46. The molecule has 3 heteroatoms. The topological polar surface area (TPSA) is 66.9 Å². The van der Waals surface area contributed by atoms with Crippen LogP contribution in [0.4, 0.5) is 0 Å². The van der Waals surface area contributed by atoms with E-state index in [0.29, 0.717) is 17.5 Å². The summed E-state index contributed by atoms with van der Waals surface area (Å²) >= 11 is 0. The third kappa shape index (κ3) is 2.88. The number of benzene rings is 2. The van der Waals surface area contributed by atoms with Crippen LogP contribution < -0.4 is 5.73 Å². The standard InChI is InChI=1S/C16H16N2O/c1-2-15(19)13-8-12(9-14(10-13)16(17)18)11-6-4-3-5-7-11/h3-10H,2H2,1H3,(H3,17,18). The van der Waals surface area contributed by atoms with Crippen molar-refractivity contribution in [2.24, 2.45) is 5.73 Å². The molecule has 0 aromatic heterocycles. The number of amidine groups is 1. The monoisotopic (exact) mass is 252 g/mol. The minimum absolute atomic E-state index is 0.0251. The van der Waals surface area contributed by atoms with Crippen molar-refractivity contribution in [1.29, 1.82) is 5.41 Å². The lowest BCUT2D eigenvalue weighted by Crippen LogP contribution is -2.12. The van der Waals surface area contributed by atoms with Crippen LogP contribution in [0, 0.1) is 5.41 Å². The zero-order valence-electron chi connectivity index (χ0n) is 10.8. The number of carbonyl (C=O) groups excluding carboxylic acids is 1. The Balaban J connectivity index is 2.58. The lowest BCUT2D eigenvalue weighted by molar-refractivity contribution is 0.0988. The van der Waals surface area contributed by atoms with Gasteiger partial charge in [-0.2, -0.15) is 0 Å². The zero-order valence-corrected chi connectivity index (χ0v) is 10.8. The first-order valence-corrected chi connectivity index (χ1v) is 6.20. The maximum absolute atomic E-state index is 11.9. The van der Waals surface area contributed by atoms with Crippen molar-refractivity contribution < 1.29 is 4.79 Å². The molecule has 0 atom stereocenters. The first kappa shape index (κ1) is 13.0. The van der Waals surface area contributed by atoms with Gasteiger partial charge in [0.05, 0.1) is 0 Å². The summed E-state index contributed by atoms with van der Waals surface area (Å²) in [5.74, 6) is 0.0308. The van der Waals surface area contributed by atoms with Crippen LogP contribution in [0.1, 0.15) is 29.3 Å². The highest BCUT2D eigenvalue weighted by molar-refractivity contribution is 6.02. The highest BCUT2D eigenvalue weighted by Gasteiger charge is 2.09. The Morgan fingerprint density at radius 2 is 1.68 bits per heavy atom. The fourth-order valence-corrected chi connectivity index (χ4v) is 1.95. The molecule has 0 saturated heterocycles. The minimum Gasteiger partial charge on any atom is -0.384 e. The molecule has 0 amide bonds. The van der Waals surface area contributed by atoms with Crippen molar-refractivity contribution in [3.63, 3.8) is 0 Å². The van der Waals surface area contributed by atoms with Crippen LogP contribution in [-0.2, 0) is 0 Å². The third-order valence-electron chi connectivity index (χ3n) is 2.99. The Morgan fingerprint density at radius 3 is 2.26 bits per heavy atom. The van der Waals surface area contributed by atoms with E-state index in [1.165, 1.54) is 0 Å². The van der Waals surface area contributed by atoms with E-state index in [0.717, 1.165) is 11.1 Å². The molecule has 96 valence electrons. The van der Waals surface area contributed by atoms with Crippen molar-refractivity contribution in [3.05, 3.63) is 59.7 Å². The number of hydrogen-bond donors (Lipinski definition) is 2. The number of nitrogens with two attached hydrogens (primary N) is 1. The first-order valence-electron chi connectivity index (χ1n) is 6.20. The molecule has 0 radical (unpaired) electrons. The predicted octanol–water partition coefficient (Wildman–Crippen LogP) is 3.23. The fraction of sp³-hybridized carbons (Fsp3) is 0.125. The van der Waals surface area contributed by atoms with Crippen LogP contribution in [-0.4, -0.2) is 11.6 Å². The number of rotatable bonds is 4. The van der Waals surface area contributed by atoms with Crippen molar-refractivity contribution in [2.45, 2.75) is 13.3 Å². The highest BCUT2D eigenvalue weighted by atomic mass is 16.1. The van der Waals surface area contributed by atoms with Crippen molar-refractivity contribution in [1.82, 2.24) is 0 Å². The lowest BCUT2D eigenvalue weighted by atomic mass is 9.97. The average molecular weight is 252 g/mol. The number of Topliss-reactive ketones (excluding diaryl/α,β-unsaturated/α-hetero) is 1. The Hall–Kier alpha value is -2.42. The molecular formula is C16H16N2O. The maximum atomic E-state index is 11.9. The van der Waals surface area contributed by atoms with E-state index >= 15 is 0 Å². The first-order chi connectivity index (χ1) is 9.11. The van der Waals surface area contributed by atoms with Crippen LogP contribution in [0.15, 0.2) is 48.5 Å². The lowest BCUT2D eigenvalue weighted by Gasteiger charge is -2.08. The molecule has 0 aliphatic carbocycles. The maximum Gasteiger partial charge on any atom is 0.162 e. The summed E-state index contributed by atoms with van der Waals surface area (Å²) in [7, 11) is 0. The second kappa shape index (κ2) is 5.48. The van der Waals surface area contributed by atoms with Gasteiger partial charge in [-0.3, -0.25) is 10.2 Å². The van der Waals surface area contributed by atoms with Crippen molar-refractivity contribution >= 4 is 11.6 Å². The van der Waals surface area contributed by atoms with E-state index in [1.807, 2.05) is 49.4 Å². The molecule has 2 rings (SSSR count). The second-order valence-electron chi connectivity index (χ2n) is 4.36. The minimum atomic E-state index is -0.0251. The molecule has 0 fully saturated rings. The van der Waals surface area contributed by atoms with Crippen LogP contribution in [0.2, 0.25) is 0 Å². The molecule has 2 aromatic carbocycles. The molecule has 0 unspecified atom stereocenters. The van der Waals surface area contributed by atoms with E-state index < -0.39 is 0 Å². The van der Waals surface area contributed by atoms with Crippen molar-refractivity contribution in [2.75, 3.05) is 0 Å². The van der Waals surface area contributed by atoms with Gasteiger partial charge in [0.25, 0.3) is 0 Å². The fourth-order valence-electron chi connectivity index (χ4n) is 1.95. The largest absolute Gasteiger partial charge is 0.384 e. The molecule has 0 bridgehead atoms. The van der Waals surface area contributed by atoms with Crippen LogP contribution >= 0.6 is 0 Å². The van der Waals surface area contributed by atoms with Gasteiger partial charge in [0.2, 0.25) is 0 Å². The summed E-state index contributed by atoms with van der Waals surface area (Å²) in [6.07, 6.45) is 0.440. The number of ketones is 1. The summed E-state index contributed by atoms with van der Waals surface area (Å²) in [6, 6.07) is 15.1. The molecule has 0 spiro atoms. The normalized spacial score (nSPS) is 10.2. The van der Waals surface area contributed by atoms with Gasteiger partial charge < -0.3 is 5.73 Å². The van der Waals surface area contributed by atoms with E-state index in [1.54, 1.807) is 6.07 Å². The van der Waals surface area contributed by atoms with Crippen LogP contribution in [0.5, 0.6) is 0 Å². The Kier molecular flexibility index (Phi) is 3.76. The number of nitrogen functional groups attached to an aromatic ring is 1. The highest BCUT2D eigenvalue weighted by Crippen LogP contribution is 2.23. The molecule has 0 aliphatic rings. The van der Waals surface area contributed by atoms with Gasteiger partial charge in [-0.25, -0.2) is 0 Å². The summed E-state index contributed by atoms with van der Waals surface area (Å²) in [6.45, 7) is 1.82. The molecule has 2 aromatic rings.